The van der Waals surface area contributed by atoms with Gasteiger partial charge in [-0.05, 0) is 55.3 Å². The third-order valence-corrected chi connectivity index (χ3v) is 6.76. The molecule has 0 atom stereocenters. The van der Waals surface area contributed by atoms with Crippen molar-refractivity contribution in [3.63, 3.8) is 0 Å². The van der Waals surface area contributed by atoms with Crippen molar-refractivity contribution in [2.45, 2.75) is 24.2 Å². The minimum absolute atomic E-state index is 0.0391. The number of carbonyl (C=O) groups excluding carboxylic acids is 2. The van der Waals surface area contributed by atoms with E-state index in [1.807, 2.05) is 0 Å². The summed E-state index contributed by atoms with van der Waals surface area (Å²) in [6, 6.07) is 10.1. The Kier molecular flexibility index (Phi) is 7.23. The van der Waals surface area contributed by atoms with Crippen molar-refractivity contribution in [2.24, 2.45) is 0 Å². The van der Waals surface area contributed by atoms with Crippen molar-refractivity contribution in [1.29, 1.82) is 0 Å². The Morgan fingerprint density at radius 2 is 1.67 bits per heavy atom. The first kappa shape index (κ1) is 22.4. The zero-order chi connectivity index (χ0) is 21.7. The lowest BCUT2D eigenvalue weighted by Crippen LogP contribution is -2.32. The van der Waals surface area contributed by atoms with E-state index in [-0.39, 0.29) is 45.4 Å². The Bertz CT molecular complexity index is 1040. The van der Waals surface area contributed by atoms with Crippen LogP contribution in [0.5, 0.6) is 0 Å². The number of nitrogens with zero attached hydrogens (tertiary/aromatic N) is 1. The van der Waals surface area contributed by atoms with Crippen LogP contribution in [0, 0.1) is 0 Å². The zero-order valence-electron chi connectivity index (χ0n) is 16.0. The molecule has 1 fully saturated rings. The fourth-order valence-corrected chi connectivity index (χ4v) is 4.91. The first-order valence-corrected chi connectivity index (χ1v) is 11.6. The van der Waals surface area contributed by atoms with Crippen LogP contribution in [0.1, 0.15) is 29.6 Å². The van der Waals surface area contributed by atoms with Crippen molar-refractivity contribution >= 4 is 50.7 Å². The summed E-state index contributed by atoms with van der Waals surface area (Å²) in [5, 5.41) is 3.00. The second-order valence-corrected chi connectivity index (χ2v) is 9.35. The fraction of sp³-hybridized carbons (Fsp3) is 0.300. The third-order valence-electron chi connectivity index (χ3n) is 4.67. The number of carbonyl (C=O) groups is 2. The van der Waals surface area contributed by atoms with Gasteiger partial charge >= 0.3 is 0 Å². The lowest BCUT2D eigenvalue weighted by molar-refractivity contribution is -0.129. The minimum Gasteiger partial charge on any atom is -0.352 e. The molecule has 0 bridgehead atoms. The third kappa shape index (κ3) is 5.65. The molecule has 0 unspecified atom stereocenters. The monoisotopic (exact) mass is 469 g/mol. The molecule has 2 amide bonds. The zero-order valence-corrected chi connectivity index (χ0v) is 18.4. The molecule has 10 heteroatoms. The Hall–Kier alpha value is -2.29. The summed E-state index contributed by atoms with van der Waals surface area (Å²) in [7, 11) is -3.94. The van der Waals surface area contributed by atoms with Gasteiger partial charge in [0, 0.05) is 42.3 Å². The van der Waals surface area contributed by atoms with Crippen LogP contribution in [-0.4, -0.2) is 44.8 Å². The molecule has 1 aliphatic heterocycles. The molecule has 3 rings (SSSR count). The van der Waals surface area contributed by atoms with E-state index in [1.165, 1.54) is 42.5 Å². The molecule has 2 aromatic rings. The largest absolute Gasteiger partial charge is 0.352 e. The van der Waals surface area contributed by atoms with E-state index in [0.29, 0.717) is 5.56 Å². The summed E-state index contributed by atoms with van der Waals surface area (Å²) in [5.41, 5.74) is 0.624. The average molecular weight is 470 g/mol. The van der Waals surface area contributed by atoms with Gasteiger partial charge in [0.05, 0.1) is 5.02 Å². The topological polar surface area (TPSA) is 95.6 Å². The molecule has 0 aliphatic carbocycles. The number of benzene rings is 2. The number of nitrogens with one attached hydrogen (secondary N) is 2. The van der Waals surface area contributed by atoms with Gasteiger partial charge in [0.15, 0.2) is 0 Å². The number of rotatable bonds is 7. The van der Waals surface area contributed by atoms with E-state index in [0.717, 1.165) is 25.9 Å². The van der Waals surface area contributed by atoms with Gasteiger partial charge < -0.3 is 10.2 Å². The Morgan fingerprint density at radius 3 is 2.33 bits per heavy atom. The van der Waals surface area contributed by atoms with Gasteiger partial charge in [0.1, 0.15) is 4.90 Å². The van der Waals surface area contributed by atoms with Gasteiger partial charge in [-0.25, -0.2) is 8.42 Å². The Balaban J connectivity index is 1.57. The van der Waals surface area contributed by atoms with Crippen LogP contribution in [0.2, 0.25) is 10.0 Å². The number of likely N-dealkylation sites (tertiary alicyclic amines) is 1. The standard InChI is InChI=1S/C20H21Cl2N3O4S/c21-15-5-8-17(22)18(13-15)30(28,29)24-16-6-3-14(4-7-16)20(27)23-10-9-19(26)25-11-1-2-12-25/h3-8,13,24H,1-2,9-12H2,(H,23,27). The predicted molar refractivity (Wildman–Crippen MR) is 116 cm³/mol. The van der Waals surface area contributed by atoms with Gasteiger partial charge in [0.2, 0.25) is 5.91 Å². The summed E-state index contributed by atoms with van der Waals surface area (Å²) < 4.78 is 27.5. The predicted octanol–water partition coefficient (Wildman–Crippen LogP) is 3.54. The van der Waals surface area contributed by atoms with E-state index in [1.54, 1.807) is 4.90 Å². The highest BCUT2D eigenvalue weighted by Crippen LogP contribution is 2.27. The van der Waals surface area contributed by atoms with Crippen LogP contribution in [0.25, 0.3) is 0 Å². The molecular weight excluding hydrogens is 449 g/mol. The van der Waals surface area contributed by atoms with Crippen molar-refractivity contribution in [3.05, 3.63) is 58.1 Å². The van der Waals surface area contributed by atoms with Crippen LogP contribution in [0.4, 0.5) is 5.69 Å². The first-order valence-electron chi connectivity index (χ1n) is 9.40. The van der Waals surface area contributed by atoms with Gasteiger partial charge in [-0.1, -0.05) is 23.2 Å². The van der Waals surface area contributed by atoms with Crippen LogP contribution < -0.4 is 10.0 Å². The molecule has 1 aliphatic rings. The molecule has 30 heavy (non-hydrogen) atoms. The summed E-state index contributed by atoms with van der Waals surface area (Å²) in [6.45, 7) is 1.81. The first-order chi connectivity index (χ1) is 14.3. The van der Waals surface area contributed by atoms with E-state index in [2.05, 4.69) is 10.0 Å². The molecule has 0 radical (unpaired) electrons. The van der Waals surface area contributed by atoms with E-state index in [9.17, 15) is 18.0 Å². The van der Waals surface area contributed by atoms with Crippen LogP contribution in [-0.2, 0) is 14.8 Å². The van der Waals surface area contributed by atoms with Crippen molar-refractivity contribution in [3.8, 4) is 0 Å². The minimum atomic E-state index is -3.94. The Morgan fingerprint density at radius 1 is 1.00 bits per heavy atom. The summed E-state index contributed by atoms with van der Waals surface area (Å²) >= 11 is 11.8. The maximum atomic E-state index is 12.5. The van der Waals surface area contributed by atoms with E-state index in [4.69, 9.17) is 23.2 Å². The molecule has 0 spiro atoms. The molecule has 160 valence electrons. The van der Waals surface area contributed by atoms with Crippen LogP contribution >= 0.6 is 23.2 Å². The lowest BCUT2D eigenvalue weighted by atomic mass is 10.2. The number of anilines is 1. The summed E-state index contributed by atoms with van der Waals surface area (Å²) in [5.74, 6) is -0.297. The highest BCUT2D eigenvalue weighted by Gasteiger charge is 2.19. The van der Waals surface area contributed by atoms with Crippen molar-refractivity contribution in [2.75, 3.05) is 24.4 Å². The fourth-order valence-electron chi connectivity index (χ4n) is 3.09. The van der Waals surface area contributed by atoms with Crippen LogP contribution in [0.15, 0.2) is 47.4 Å². The Labute approximate surface area is 185 Å². The van der Waals surface area contributed by atoms with Crippen molar-refractivity contribution < 1.29 is 18.0 Å². The molecule has 1 saturated heterocycles. The van der Waals surface area contributed by atoms with Gasteiger partial charge in [0.25, 0.3) is 15.9 Å². The number of hydrogen-bond donors (Lipinski definition) is 2. The molecule has 2 N–H and O–H groups in total. The number of halogens is 2. The molecule has 0 saturated carbocycles. The molecule has 1 heterocycles. The summed E-state index contributed by atoms with van der Waals surface area (Å²) in [4.78, 5) is 25.9. The SMILES string of the molecule is O=C(NCCC(=O)N1CCCC1)c1ccc(NS(=O)(=O)c2cc(Cl)ccc2Cl)cc1. The van der Waals surface area contributed by atoms with Crippen LogP contribution in [0.3, 0.4) is 0 Å². The maximum absolute atomic E-state index is 12.5. The number of sulfonamides is 1. The molecule has 0 aromatic heterocycles. The van der Waals surface area contributed by atoms with E-state index < -0.39 is 10.0 Å². The normalized spacial score (nSPS) is 13.9. The molecule has 7 nitrogen and oxygen atoms in total. The van der Waals surface area contributed by atoms with Gasteiger partial charge in [-0.2, -0.15) is 0 Å². The van der Waals surface area contributed by atoms with Gasteiger partial charge in [-0.3, -0.25) is 14.3 Å². The quantitative estimate of drug-likeness (QED) is 0.647. The lowest BCUT2D eigenvalue weighted by Gasteiger charge is -2.15. The number of hydrogen-bond acceptors (Lipinski definition) is 4. The summed E-state index contributed by atoms with van der Waals surface area (Å²) in [6.07, 6.45) is 2.31. The van der Waals surface area contributed by atoms with E-state index >= 15 is 0 Å². The maximum Gasteiger partial charge on any atom is 0.263 e. The second kappa shape index (κ2) is 9.68. The van der Waals surface area contributed by atoms with Gasteiger partial charge in [-0.15, -0.1) is 0 Å². The molecular formula is C20H21Cl2N3O4S. The highest BCUT2D eigenvalue weighted by molar-refractivity contribution is 7.92. The molecule has 2 aromatic carbocycles. The van der Waals surface area contributed by atoms with Crippen molar-refractivity contribution in [1.82, 2.24) is 10.2 Å². The number of amides is 2. The highest BCUT2D eigenvalue weighted by atomic mass is 35.5. The smallest absolute Gasteiger partial charge is 0.263 e. The second-order valence-electron chi connectivity index (χ2n) is 6.85. The average Bonchev–Trinajstić information content (AvgIpc) is 3.25.